The van der Waals surface area contributed by atoms with Gasteiger partial charge >= 0.3 is 11.9 Å². The minimum Gasteiger partial charge on any atom is -0.393 e. The lowest BCUT2D eigenvalue weighted by atomic mass is 10.1. The molecule has 0 amide bonds. The third-order valence-corrected chi connectivity index (χ3v) is 3.96. The molecule has 0 unspecified atom stereocenters. The first-order valence-electron chi connectivity index (χ1n) is 7.65. The molecule has 11 heteroatoms. The van der Waals surface area contributed by atoms with Crippen LogP contribution in [-0.4, -0.2) is 22.9 Å². The zero-order valence-electron chi connectivity index (χ0n) is 13.4. The van der Waals surface area contributed by atoms with Crippen LogP contribution in [0.4, 0.5) is 35.9 Å². The maximum atomic E-state index is 13.1. The second kappa shape index (κ2) is 6.73. The number of rotatable bonds is 7. The third kappa shape index (κ3) is 3.91. The van der Waals surface area contributed by atoms with Crippen LogP contribution in [0.15, 0.2) is 6.07 Å². The molecule has 1 saturated carbocycles. The molecular formula is C14H17F3N4O4. The number of halogens is 3. The number of nitrogens with zero attached hydrogens (tertiary/aromatic N) is 3. The van der Waals surface area contributed by atoms with Gasteiger partial charge in [0.2, 0.25) is 0 Å². The Morgan fingerprint density at radius 3 is 2.28 bits per heavy atom. The normalized spacial score (nSPS) is 14.4. The molecule has 2 rings (SSSR count). The molecule has 0 heterocycles. The summed E-state index contributed by atoms with van der Waals surface area (Å²) in [5.41, 5.74) is 0.271. The summed E-state index contributed by atoms with van der Waals surface area (Å²) in [4.78, 5) is 22.1. The lowest BCUT2D eigenvalue weighted by Gasteiger charge is -2.25. The molecule has 2 N–H and O–H groups in total. The molecule has 1 fully saturated rings. The van der Waals surface area contributed by atoms with Crippen LogP contribution in [0.2, 0.25) is 0 Å². The summed E-state index contributed by atoms with van der Waals surface area (Å²) < 4.78 is 39.3. The molecule has 1 aromatic rings. The van der Waals surface area contributed by atoms with E-state index in [1.54, 1.807) is 6.92 Å². The van der Waals surface area contributed by atoms with Gasteiger partial charge in [0.25, 0.3) is 5.69 Å². The van der Waals surface area contributed by atoms with Gasteiger partial charge in [-0.3, -0.25) is 20.2 Å². The lowest BCUT2D eigenvalue weighted by Crippen LogP contribution is -2.29. The Kier molecular flexibility index (Phi) is 5.04. The second-order valence-electron chi connectivity index (χ2n) is 5.96. The molecule has 0 radical (unpaired) electrons. The average Bonchev–Trinajstić information content (AvgIpc) is 3.28. The van der Waals surface area contributed by atoms with E-state index in [0.717, 1.165) is 12.8 Å². The van der Waals surface area contributed by atoms with Gasteiger partial charge in [-0.25, -0.2) is 0 Å². The molecule has 0 aliphatic heterocycles. The van der Waals surface area contributed by atoms with E-state index >= 15 is 0 Å². The van der Waals surface area contributed by atoms with Crippen molar-refractivity contribution < 1.29 is 23.0 Å². The summed E-state index contributed by atoms with van der Waals surface area (Å²) in [5, 5.41) is 22.8. The van der Waals surface area contributed by atoms with Crippen molar-refractivity contribution in [3.05, 3.63) is 31.9 Å². The summed E-state index contributed by atoms with van der Waals surface area (Å²) in [5.74, 6) is 0.217. The fraction of sp³-hybridized carbons (Fsp3) is 0.571. The number of nitro benzene ring substituents is 2. The fourth-order valence-electron chi connectivity index (χ4n) is 2.71. The largest absolute Gasteiger partial charge is 0.418 e. The second-order valence-corrected chi connectivity index (χ2v) is 5.96. The molecule has 25 heavy (non-hydrogen) atoms. The minimum atomic E-state index is -5.04. The fourth-order valence-corrected chi connectivity index (χ4v) is 2.71. The first-order valence-corrected chi connectivity index (χ1v) is 7.65. The first-order chi connectivity index (χ1) is 11.6. The molecule has 0 bridgehead atoms. The highest BCUT2D eigenvalue weighted by Gasteiger charge is 2.43. The number of alkyl halides is 3. The summed E-state index contributed by atoms with van der Waals surface area (Å²) in [6.45, 7) is 2.31. The van der Waals surface area contributed by atoms with E-state index < -0.39 is 44.3 Å². The Morgan fingerprint density at radius 1 is 1.28 bits per heavy atom. The molecule has 0 saturated heterocycles. The number of nitrogens with two attached hydrogens (primary N) is 1. The van der Waals surface area contributed by atoms with Gasteiger partial charge in [0.15, 0.2) is 5.69 Å². The van der Waals surface area contributed by atoms with E-state index in [9.17, 15) is 33.4 Å². The molecule has 0 atom stereocenters. The van der Waals surface area contributed by atoms with Crippen molar-refractivity contribution >= 4 is 22.7 Å². The van der Waals surface area contributed by atoms with Crippen LogP contribution < -0.4 is 10.6 Å². The molecule has 1 aliphatic carbocycles. The van der Waals surface area contributed by atoms with Crippen LogP contribution in [-0.2, 0) is 6.18 Å². The number of hydrogen-bond acceptors (Lipinski definition) is 6. The Labute approximate surface area is 140 Å². The number of nitrogen functional groups attached to an aromatic ring is 1. The molecule has 1 aliphatic rings. The Hall–Kier alpha value is -2.59. The smallest absolute Gasteiger partial charge is 0.393 e. The van der Waals surface area contributed by atoms with Gasteiger partial charge < -0.3 is 10.6 Å². The molecule has 1 aromatic carbocycles. The third-order valence-electron chi connectivity index (χ3n) is 3.96. The molecular weight excluding hydrogens is 345 g/mol. The van der Waals surface area contributed by atoms with E-state index in [2.05, 4.69) is 0 Å². The first kappa shape index (κ1) is 18.7. The van der Waals surface area contributed by atoms with Crippen molar-refractivity contribution in [1.29, 1.82) is 0 Å². The predicted molar refractivity (Wildman–Crippen MR) is 84.4 cm³/mol. The molecule has 8 nitrogen and oxygen atoms in total. The van der Waals surface area contributed by atoms with Crippen molar-refractivity contribution in [2.24, 2.45) is 5.92 Å². The number of nitro groups is 2. The number of hydrogen-bond donors (Lipinski definition) is 1. The van der Waals surface area contributed by atoms with Crippen molar-refractivity contribution in [2.45, 2.75) is 32.4 Å². The van der Waals surface area contributed by atoms with Crippen molar-refractivity contribution in [1.82, 2.24) is 0 Å². The van der Waals surface area contributed by atoms with Crippen molar-refractivity contribution in [2.75, 3.05) is 23.7 Å². The topological polar surface area (TPSA) is 116 Å². The van der Waals surface area contributed by atoms with E-state index in [1.807, 2.05) is 0 Å². The number of benzene rings is 1. The van der Waals surface area contributed by atoms with Crippen molar-refractivity contribution in [3.8, 4) is 0 Å². The highest BCUT2D eigenvalue weighted by molar-refractivity contribution is 5.86. The van der Waals surface area contributed by atoms with E-state index in [4.69, 9.17) is 5.73 Å². The Morgan fingerprint density at radius 2 is 1.88 bits per heavy atom. The van der Waals surface area contributed by atoms with E-state index in [0.29, 0.717) is 13.0 Å². The van der Waals surface area contributed by atoms with Gasteiger partial charge in [-0.05, 0) is 25.2 Å². The van der Waals surface area contributed by atoms with E-state index in [-0.39, 0.29) is 18.5 Å². The minimum absolute atomic E-state index is 0.217. The van der Waals surface area contributed by atoms with Gasteiger partial charge in [0.1, 0.15) is 5.69 Å². The summed E-state index contributed by atoms with van der Waals surface area (Å²) >= 11 is 0. The average molecular weight is 362 g/mol. The van der Waals surface area contributed by atoms with Crippen LogP contribution >= 0.6 is 0 Å². The van der Waals surface area contributed by atoms with Crippen LogP contribution in [0.5, 0.6) is 0 Å². The maximum absolute atomic E-state index is 13.1. The zero-order chi connectivity index (χ0) is 18.9. The summed E-state index contributed by atoms with van der Waals surface area (Å²) in [7, 11) is 0. The Bertz CT molecular complexity index is 704. The standard InChI is InChI=1S/C14H17F3N4O4/c1-2-5-19(7-8-3-4-8)12-10(20(22)23)6-9(14(15,16)17)11(18)13(12)21(24)25/h6,8H,2-5,7,18H2,1H3. The summed E-state index contributed by atoms with van der Waals surface area (Å²) in [6, 6.07) is 0.285. The molecule has 138 valence electrons. The van der Waals surface area contributed by atoms with Crippen LogP contribution in [0.3, 0.4) is 0 Å². The molecule has 0 spiro atoms. The van der Waals surface area contributed by atoms with Gasteiger partial charge in [0, 0.05) is 19.2 Å². The number of anilines is 2. The predicted octanol–water partition coefficient (Wildman–Crippen LogP) is 3.73. The monoisotopic (exact) mass is 362 g/mol. The highest BCUT2D eigenvalue weighted by atomic mass is 19.4. The quantitative estimate of drug-likeness (QED) is 0.449. The maximum Gasteiger partial charge on any atom is 0.418 e. The van der Waals surface area contributed by atoms with Crippen LogP contribution in [0.1, 0.15) is 31.7 Å². The van der Waals surface area contributed by atoms with Gasteiger partial charge in [-0.15, -0.1) is 0 Å². The summed E-state index contributed by atoms with van der Waals surface area (Å²) in [6.07, 6.45) is -2.78. The van der Waals surface area contributed by atoms with E-state index in [1.165, 1.54) is 4.90 Å². The SMILES string of the molecule is CCCN(CC1CC1)c1c([N+](=O)[O-])cc(C(F)(F)F)c(N)c1[N+](=O)[O-]. The molecule has 0 aromatic heterocycles. The Balaban J connectivity index is 2.76. The van der Waals surface area contributed by atoms with Crippen LogP contribution in [0, 0.1) is 26.1 Å². The zero-order valence-corrected chi connectivity index (χ0v) is 13.4. The lowest BCUT2D eigenvalue weighted by molar-refractivity contribution is -0.392. The highest BCUT2D eigenvalue weighted by Crippen LogP contribution is 2.49. The van der Waals surface area contributed by atoms with Crippen molar-refractivity contribution in [3.63, 3.8) is 0 Å². The van der Waals surface area contributed by atoms with Gasteiger partial charge in [-0.2, -0.15) is 13.2 Å². The van der Waals surface area contributed by atoms with Gasteiger partial charge in [-0.1, -0.05) is 6.92 Å². The van der Waals surface area contributed by atoms with Crippen LogP contribution in [0.25, 0.3) is 0 Å². The van der Waals surface area contributed by atoms with Gasteiger partial charge in [0.05, 0.1) is 15.4 Å².